The number of hydrogen-bond acceptors (Lipinski definition) is 4. The van der Waals surface area contributed by atoms with E-state index in [0.29, 0.717) is 24.3 Å². The van der Waals surface area contributed by atoms with Crippen molar-refractivity contribution in [3.05, 3.63) is 59.4 Å². The van der Waals surface area contributed by atoms with Crippen molar-refractivity contribution < 1.29 is 18.4 Å². The molecule has 1 fully saturated rings. The minimum atomic E-state index is -2.85. The molecule has 30 heavy (non-hydrogen) atoms. The van der Waals surface area contributed by atoms with Gasteiger partial charge in [0.25, 0.3) is 11.8 Å². The SMILES string of the molecule is Cc1ccc(C(=O)N2CCCC(F)(F)C2)cc1NC(=O)CN(C)Cc1ccncc1. The molecule has 2 aromatic rings. The summed E-state index contributed by atoms with van der Waals surface area (Å²) in [6.45, 7) is 2.32. The number of rotatable bonds is 6. The molecule has 3 rings (SSSR count). The Hall–Kier alpha value is -2.87. The maximum Gasteiger partial charge on any atom is 0.265 e. The van der Waals surface area contributed by atoms with Gasteiger partial charge in [0.15, 0.2) is 0 Å². The van der Waals surface area contributed by atoms with Crippen molar-refractivity contribution in [2.45, 2.75) is 32.2 Å². The van der Waals surface area contributed by atoms with Crippen molar-refractivity contribution in [1.29, 1.82) is 0 Å². The van der Waals surface area contributed by atoms with Gasteiger partial charge in [0.1, 0.15) is 0 Å². The van der Waals surface area contributed by atoms with Crippen LogP contribution in [0.15, 0.2) is 42.7 Å². The van der Waals surface area contributed by atoms with E-state index in [4.69, 9.17) is 0 Å². The lowest BCUT2D eigenvalue weighted by Gasteiger charge is -2.32. The molecule has 0 saturated carbocycles. The van der Waals surface area contributed by atoms with Gasteiger partial charge in [-0.25, -0.2) is 8.78 Å². The molecule has 160 valence electrons. The molecule has 2 heterocycles. The summed E-state index contributed by atoms with van der Waals surface area (Å²) in [5.41, 5.74) is 2.63. The summed E-state index contributed by atoms with van der Waals surface area (Å²) in [6, 6.07) is 8.65. The number of anilines is 1. The topological polar surface area (TPSA) is 65.5 Å². The van der Waals surface area contributed by atoms with Gasteiger partial charge in [-0.3, -0.25) is 19.5 Å². The monoisotopic (exact) mass is 416 g/mol. The van der Waals surface area contributed by atoms with E-state index in [1.54, 1.807) is 30.6 Å². The highest BCUT2D eigenvalue weighted by Crippen LogP contribution is 2.28. The normalized spacial score (nSPS) is 15.8. The molecule has 1 aromatic carbocycles. The molecule has 1 aromatic heterocycles. The first kappa shape index (κ1) is 21.8. The van der Waals surface area contributed by atoms with Crippen LogP contribution >= 0.6 is 0 Å². The van der Waals surface area contributed by atoms with Gasteiger partial charge in [-0.15, -0.1) is 0 Å². The molecule has 2 amide bonds. The number of benzene rings is 1. The molecule has 0 aliphatic carbocycles. The van der Waals surface area contributed by atoms with Crippen LogP contribution < -0.4 is 5.32 Å². The number of piperidine rings is 1. The summed E-state index contributed by atoms with van der Waals surface area (Å²) >= 11 is 0. The predicted octanol–water partition coefficient (Wildman–Crippen LogP) is 3.33. The molecule has 0 unspecified atom stereocenters. The Morgan fingerprint density at radius 1 is 1.23 bits per heavy atom. The summed E-state index contributed by atoms with van der Waals surface area (Å²) in [6.07, 6.45) is 3.48. The Morgan fingerprint density at radius 3 is 2.67 bits per heavy atom. The van der Waals surface area contributed by atoms with E-state index in [1.807, 2.05) is 31.0 Å². The summed E-state index contributed by atoms with van der Waals surface area (Å²) in [5.74, 6) is -3.52. The van der Waals surface area contributed by atoms with E-state index in [0.717, 1.165) is 11.1 Å². The third-order valence-electron chi connectivity index (χ3n) is 5.05. The molecule has 8 heteroatoms. The summed E-state index contributed by atoms with van der Waals surface area (Å²) in [4.78, 5) is 32.2. The van der Waals surface area contributed by atoms with Gasteiger partial charge in [0.2, 0.25) is 5.91 Å². The van der Waals surface area contributed by atoms with Crippen molar-refractivity contribution in [1.82, 2.24) is 14.8 Å². The molecular formula is C22H26F2N4O2. The molecule has 6 nitrogen and oxygen atoms in total. The molecule has 0 bridgehead atoms. The van der Waals surface area contributed by atoms with Crippen LogP contribution in [-0.4, -0.2) is 59.2 Å². The second-order valence-electron chi connectivity index (χ2n) is 7.79. The number of nitrogens with one attached hydrogen (secondary N) is 1. The van der Waals surface area contributed by atoms with E-state index >= 15 is 0 Å². The number of aryl methyl sites for hydroxylation is 1. The van der Waals surface area contributed by atoms with E-state index in [-0.39, 0.29) is 25.3 Å². The van der Waals surface area contributed by atoms with Crippen molar-refractivity contribution in [2.24, 2.45) is 0 Å². The molecule has 1 aliphatic rings. The number of alkyl halides is 2. The second-order valence-corrected chi connectivity index (χ2v) is 7.79. The molecule has 0 spiro atoms. The first-order valence-electron chi connectivity index (χ1n) is 9.88. The standard InChI is InChI=1S/C22H26F2N4O2/c1-16-4-5-18(21(30)28-11-3-8-22(23,24)15-28)12-19(16)26-20(29)14-27(2)13-17-6-9-25-10-7-17/h4-7,9-10,12H,3,8,11,13-15H2,1-2H3,(H,26,29). The number of halogens is 2. The van der Waals surface area contributed by atoms with E-state index < -0.39 is 18.4 Å². The second kappa shape index (κ2) is 9.30. The van der Waals surface area contributed by atoms with Gasteiger partial charge < -0.3 is 10.2 Å². The van der Waals surface area contributed by atoms with Crippen molar-refractivity contribution in [2.75, 3.05) is 32.0 Å². The van der Waals surface area contributed by atoms with Crippen LogP contribution in [0.25, 0.3) is 0 Å². The fourth-order valence-corrected chi connectivity index (χ4v) is 3.50. The fraction of sp³-hybridized carbons (Fsp3) is 0.409. The molecule has 1 saturated heterocycles. The van der Waals surface area contributed by atoms with Crippen LogP contribution in [0.1, 0.15) is 34.3 Å². The van der Waals surface area contributed by atoms with Gasteiger partial charge in [0, 0.05) is 43.2 Å². The average molecular weight is 416 g/mol. The lowest BCUT2D eigenvalue weighted by atomic mass is 10.0. The molecule has 1 N–H and O–H groups in total. The first-order valence-corrected chi connectivity index (χ1v) is 9.88. The molecule has 0 radical (unpaired) electrons. The van der Waals surface area contributed by atoms with Crippen LogP contribution in [0.2, 0.25) is 0 Å². The number of aromatic nitrogens is 1. The van der Waals surface area contributed by atoms with Gasteiger partial charge in [0.05, 0.1) is 13.1 Å². The quantitative estimate of drug-likeness (QED) is 0.785. The zero-order chi connectivity index (χ0) is 21.7. The van der Waals surface area contributed by atoms with E-state index in [1.165, 1.54) is 4.90 Å². The maximum atomic E-state index is 13.7. The van der Waals surface area contributed by atoms with Crippen LogP contribution in [0.3, 0.4) is 0 Å². The highest BCUT2D eigenvalue weighted by molar-refractivity contribution is 5.98. The van der Waals surface area contributed by atoms with Gasteiger partial charge in [-0.2, -0.15) is 0 Å². The van der Waals surface area contributed by atoms with Crippen molar-refractivity contribution >= 4 is 17.5 Å². The highest BCUT2D eigenvalue weighted by atomic mass is 19.3. The summed E-state index contributed by atoms with van der Waals surface area (Å²) in [7, 11) is 1.84. The van der Waals surface area contributed by atoms with Crippen LogP contribution in [0, 0.1) is 6.92 Å². The summed E-state index contributed by atoms with van der Waals surface area (Å²) < 4.78 is 27.3. The number of carbonyl (C=O) groups excluding carboxylic acids is 2. The minimum absolute atomic E-state index is 0.165. The van der Waals surface area contributed by atoms with Gasteiger partial charge in [-0.1, -0.05) is 6.07 Å². The minimum Gasteiger partial charge on any atom is -0.333 e. The number of pyridine rings is 1. The lowest BCUT2D eigenvalue weighted by molar-refractivity contribution is -0.117. The van der Waals surface area contributed by atoms with Crippen molar-refractivity contribution in [3.63, 3.8) is 0 Å². The number of carbonyl (C=O) groups is 2. The molecular weight excluding hydrogens is 390 g/mol. The van der Waals surface area contributed by atoms with Gasteiger partial charge in [-0.05, 0) is 55.8 Å². The van der Waals surface area contributed by atoms with E-state index in [2.05, 4.69) is 10.3 Å². The Labute approximate surface area is 174 Å². The van der Waals surface area contributed by atoms with Crippen LogP contribution in [-0.2, 0) is 11.3 Å². The first-order chi connectivity index (χ1) is 14.2. The third kappa shape index (κ3) is 5.82. The zero-order valence-corrected chi connectivity index (χ0v) is 17.2. The fourth-order valence-electron chi connectivity index (χ4n) is 3.50. The van der Waals surface area contributed by atoms with Crippen LogP contribution in [0.5, 0.6) is 0 Å². The Balaban J connectivity index is 1.63. The van der Waals surface area contributed by atoms with Crippen molar-refractivity contribution in [3.8, 4) is 0 Å². The number of amides is 2. The number of likely N-dealkylation sites (tertiary alicyclic amines) is 1. The maximum absolute atomic E-state index is 13.7. The lowest BCUT2D eigenvalue weighted by Crippen LogP contribution is -2.45. The third-order valence-corrected chi connectivity index (χ3v) is 5.05. The number of likely N-dealkylation sites (N-methyl/N-ethyl adjacent to an activating group) is 1. The smallest absolute Gasteiger partial charge is 0.265 e. The largest absolute Gasteiger partial charge is 0.333 e. The Kier molecular flexibility index (Phi) is 6.77. The Bertz CT molecular complexity index is 905. The highest BCUT2D eigenvalue weighted by Gasteiger charge is 2.37. The van der Waals surface area contributed by atoms with E-state index in [9.17, 15) is 18.4 Å². The number of hydrogen-bond donors (Lipinski definition) is 1. The van der Waals surface area contributed by atoms with Gasteiger partial charge >= 0.3 is 0 Å². The zero-order valence-electron chi connectivity index (χ0n) is 17.2. The molecule has 0 atom stereocenters. The number of nitrogens with zero attached hydrogens (tertiary/aromatic N) is 3. The Morgan fingerprint density at radius 2 is 1.97 bits per heavy atom. The summed E-state index contributed by atoms with van der Waals surface area (Å²) in [5, 5.41) is 2.83. The average Bonchev–Trinajstić information content (AvgIpc) is 2.69. The molecule has 1 aliphatic heterocycles. The predicted molar refractivity (Wildman–Crippen MR) is 110 cm³/mol. The van der Waals surface area contributed by atoms with Crippen LogP contribution in [0.4, 0.5) is 14.5 Å².